The Hall–Kier alpha value is -1.36. The molecule has 1 aromatic heterocycles. The maximum absolute atomic E-state index is 11.0. The third kappa shape index (κ3) is 1.77. The van der Waals surface area contributed by atoms with Gasteiger partial charge in [0.1, 0.15) is 6.26 Å². The van der Waals surface area contributed by atoms with Crippen LogP contribution in [0.15, 0.2) is 10.7 Å². The van der Waals surface area contributed by atoms with Crippen molar-refractivity contribution in [3.05, 3.63) is 17.8 Å². The van der Waals surface area contributed by atoms with Crippen molar-refractivity contribution in [2.24, 2.45) is 5.92 Å². The van der Waals surface area contributed by atoms with Gasteiger partial charge >= 0.3 is 5.97 Å². The number of rotatable bonds is 3. The summed E-state index contributed by atoms with van der Waals surface area (Å²) in [4.78, 5) is 15.1. The number of methoxy groups -OCH3 is 1. The zero-order valence-corrected chi connectivity index (χ0v) is 7.95. The van der Waals surface area contributed by atoms with Gasteiger partial charge in [0.25, 0.3) is 0 Å². The average molecular weight is 196 g/mol. The van der Waals surface area contributed by atoms with Gasteiger partial charge in [0.05, 0.1) is 7.11 Å². The van der Waals surface area contributed by atoms with E-state index in [4.69, 9.17) is 4.42 Å². The summed E-state index contributed by atoms with van der Waals surface area (Å²) in [7, 11) is 1.33. The number of nitrogens with zero attached hydrogens (tertiary/aromatic N) is 1. The Morgan fingerprint density at radius 2 is 2.57 bits per heavy atom. The summed E-state index contributed by atoms with van der Waals surface area (Å²) in [6, 6.07) is 0. The lowest BCUT2D eigenvalue weighted by Gasteiger charge is -2.25. The van der Waals surface area contributed by atoms with E-state index in [9.17, 15) is 4.79 Å². The molecule has 5 nitrogen and oxygen atoms in total. The standard InChI is InChI=1S/C9H12N2O3/c1-13-9(12)7-5-14-8(11-7)2-6-3-10-4-6/h5-6,10H,2-4H2,1H3. The number of ether oxygens (including phenoxy) is 1. The molecule has 0 saturated carbocycles. The van der Waals surface area contributed by atoms with E-state index >= 15 is 0 Å². The van der Waals surface area contributed by atoms with Crippen LogP contribution in [0.2, 0.25) is 0 Å². The lowest BCUT2D eigenvalue weighted by molar-refractivity contribution is 0.0594. The fraction of sp³-hybridized carbons (Fsp3) is 0.556. The highest BCUT2D eigenvalue weighted by Crippen LogP contribution is 2.12. The van der Waals surface area contributed by atoms with Crippen LogP contribution in [-0.2, 0) is 11.2 Å². The minimum Gasteiger partial charge on any atom is -0.464 e. The number of hydrogen-bond acceptors (Lipinski definition) is 5. The van der Waals surface area contributed by atoms with E-state index in [1.807, 2.05) is 0 Å². The van der Waals surface area contributed by atoms with Crippen molar-refractivity contribution < 1.29 is 13.9 Å². The van der Waals surface area contributed by atoms with Gasteiger partial charge in [0, 0.05) is 6.42 Å². The fourth-order valence-electron chi connectivity index (χ4n) is 1.34. The van der Waals surface area contributed by atoms with Crippen molar-refractivity contribution in [2.75, 3.05) is 20.2 Å². The largest absolute Gasteiger partial charge is 0.464 e. The molecule has 0 bridgehead atoms. The molecule has 0 unspecified atom stereocenters. The van der Waals surface area contributed by atoms with Crippen molar-refractivity contribution in [1.82, 2.24) is 10.3 Å². The maximum atomic E-state index is 11.0. The Kier molecular flexibility index (Phi) is 2.49. The van der Waals surface area contributed by atoms with Crippen LogP contribution in [0.25, 0.3) is 0 Å². The van der Waals surface area contributed by atoms with Gasteiger partial charge in [-0.1, -0.05) is 0 Å². The molecule has 2 heterocycles. The van der Waals surface area contributed by atoms with E-state index < -0.39 is 5.97 Å². The first-order chi connectivity index (χ1) is 6.79. The zero-order valence-electron chi connectivity index (χ0n) is 7.95. The first-order valence-electron chi connectivity index (χ1n) is 4.53. The van der Waals surface area contributed by atoms with Crippen molar-refractivity contribution in [3.8, 4) is 0 Å². The van der Waals surface area contributed by atoms with Gasteiger partial charge in [0.2, 0.25) is 0 Å². The Labute approximate surface area is 81.5 Å². The molecule has 0 amide bonds. The quantitative estimate of drug-likeness (QED) is 0.701. The lowest BCUT2D eigenvalue weighted by atomic mass is 10.00. The Morgan fingerprint density at radius 3 is 3.14 bits per heavy atom. The Balaban J connectivity index is 1.98. The van der Waals surface area contributed by atoms with Crippen molar-refractivity contribution in [1.29, 1.82) is 0 Å². The molecule has 0 aliphatic carbocycles. The van der Waals surface area contributed by atoms with Crippen LogP contribution in [0, 0.1) is 5.92 Å². The number of oxazole rings is 1. The molecule has 1 aliphatic heterocycles. The van der Waals surface area contributed by atoms with Crippen molar-refractivity contribution >= 4 is 5.97 Å². The number of nitrogens with one attached hydrogen (secondary N) is 1. The Bertz CT molecular complexity index is 331. The smallest absolute Gasteiger partial charge is 0.360 e. The number of aromatic nitrogens is 1. The second kappa shape index (κ2) is 3.79. The molecule has 0 aromatic carbocycles. The number of hydrogen-bond donors (Lipinski definition) is 1. The minimum absolute atomic E-state index is 0.245. The predicted octanol–water partition coefficient (Wildman–Crippen LogP) is 0.223. The van der Waals surface area contributed by atoms with E-state index in [2.05, 4.69) is 15.0 Å². The van der Waals surface area contributed by atoms with Gasteiger partial charge in [-0.2, -0.15) is 0 Å². The summed E-state index contributed by atoms with van der Waals surface area (Å²) in [5.74, 6) is 0.739. The molecular weight excluding hydrogens is 184 g/mol. The molecule has 14 heavy (non-hydrogen) atoms. The van der Waals surface area contributed by atoms with Crippen LogP contribution in [-0.4, -0.2) is 31.2 Å². The summed E-state index contributed by atoms with van der Waals surface area (Å²) in [5.41, 5.74) is 0.245. The fourth-order valence-corrected chi connectivity index (χ4v) is 1.34. The summed E-state index contributed by atoms with van der Waals surface area (Å²) in [6.07, 6.45) is 2.12. The molecule has 2 rings (SSSR count). The van der Waals surface area contributed by atoms with Crippen LogP contribution in [0.3, 0.4) is 0 Å². The summed E-state index contributed by atoms with van der Waals surface area (Å²) < 4.78 is 9.68. The van der Waals surface area contributed by atoms with Crippen molar-refractivity contribution in [3.63, 3.8) is 0 Å². The van der Waals surface area contributed by atoms with E-state index in [1.165, 1.54) is 13.4 Å². The average Bonchev–Trinajstić information content (AvgIpc) is 2.58. The van der Waals surface area contributed by atoms with Gasteiger partial charge < -0.3 is 14.5 Å². The molecule has 1 aromatic rings. The molecule has 0 spiro atoms. The van der Waals surface area contributed by atoms with E-state index in [0.29, 0.717) is 11.8 Å². The number of carbonyl (C=O) groups excluding carboxylic acids is 1. The zero-order chi connectivity index (χ0) is 9.97. The van der Waals surface area contributed by atoms with Crippen LogP contribution in [0.4, 0.5) is 0 Å². The summed E-state index contributed by atoms with van der Waals surface area (Å²) in [6.45, 7) is 1.99. The molecule has 5 heteroatoms. The first-order valence-corrected chi connectivity index (χ1v) is 4.53. The number of esters is 1. The monoisotopic (exact) mass is 196 g/mol. The topological polar surface area (TPSA) is 64.4 Å². The molecule has 0 atom stereocenters. The SMILES string of the molecule is COC(=O)c1coc(CC2CNC2)n1. The highest BCUT2D eigenvalue weighted by molar-refractivity contribution is 5.86. The molecule has 1 N–H and O–H groups in total. The molecule has 76 valence electrons. The number of carbonyl (C=O) groups is 1. The van der Waals surface area contributed by atoms with Crippen LogP contribution in [0.1, 0.15) is 16.4 Å². The second-order valence-corrected chi connectivity index (χ2v) is 3.35. The minimum atomic E-state index is -0.452. The Morgan fingerprint density at radius 1 is 1.79 bits per heavy atom. The predicted molar refractivity (Wildman–Crippen MR) is 47.9 cm³/mol. The highest BCUT2D eigenvalue weighted by Gasteiger charge is 2.20. The molecule has 0 radical (unpaired) electrons. The van der Waals surface area contributed by atoms with Crippen LogP contribution < -0.4 is 5.32 Å². The molecule has 1 aliphatic rings. The molecular formula is C9H12N2O3. The van der Waals surface area contributed by atoms with Crippen molar-refractivity contribution in [2.45, 2.75) is 6.42 Å². The van der Waals surface area contributed by atoms with Gasteiger partial charge in [0.15, 0.2) is 11.6 Å². The highest BCUT2D eigenvalue weighted by atomic mass is 16.5. The molecule has 1 fully saturated rings. The first kappa shape index (κ1) is 9.21. The van der Waals surface area contributed by atoms with Gasteiger partial charge in [-0.15, -0.1) is 0 Å². The lowest BCUT2D eigenvalue weighted by Crippen LogP contribution is -2.43. The second-order valence-electron chi connectivity index (χ2n) is 3.35. The third-order valence-corrected chi connectivity index (χ3v) is 2.28. The van der Waals surface area contributed by atoms with E-state index in [1.54, 1.807) is 0 Å². The van der Waals surface area contributed by atoms with Crippen LogP contribution >= 0.6 is 0 Å². The normalized spacial score (nSPS) is 16.4. The summed E-state index contributed by atoms with van der Waals surface area (Å²) in [5, 5.41) is 3.16. The van der Waals surface area contributed by atoms with E-state index in [0.717, 1.165) is 19.5 Å². The van der Waals surface area contributed by atoms with Crippen LogP contribution in [0.5, 0.6) is 0 Å². The summed E-state index contributed by atoms with van der Waals surface area (Å²) >= 11 is 0. The molecule has 1 saturated heterocycles. The van der Waals surface area contributed by atoms with E-state index in [-0.39, 0.29) is 5.69 Å². The van der Waals surface area contributed by atoms with Gasteiger partial charge in [-0.3, -0.25) is 0 Å². The maximum Gasteiger partial charge on any atom is 0.360 e. The van der Waals surface area contributed by atoms with Gasteiger partial charge in [-0.05, 0) is 19.0 Å². The third-order valence-electron chi connectivity index (χ3n) is 2.28. The van der Waals surface area contributed by atoms with Gasteiger partial charge in [-0.25, -0.2) is 9.78 Å².